The van der Waals surface area contributed by atoms with Gasteiger partial charge in [0.2, 0.25) is 5.95 Å². The van der Waals surface area contributed by atoms with Crippen molar-refractivity contribution in [2.24, 2.45) is 0 Å². The van der Waals surface area contributed by atoms with Crippen LogP contribution < -0.4 is 10.6 Å². The molecule has 1 heterocycles. The first-order chi connectivity index (χ1) is 10.2. The lowest BCUT2D eigenvalue weighted by molar-refractivity contribution is 0.740. The Balaban J connectivity index is 1.98. The number of rotatable bonds is 7. The number of unbranched alkanes of at least 4 members (excludes halogenated alkanes) is 2. The van der Waals surface area contributed by atoms with Gasteiger partial charge in [0.1, 0.15) is 5.82 Å². The molecule has 2 aromatic rings. The fourth-order valence-electron chi connectivity index (χ4n) is 2.06. The van der Waals surface area contributed by atoms with Gasteiger partial charge in [-0.25, -0.2) is 4.98 Å². The molecule has 0 aliphatic carbocycles. The van der Waals surface area contributed by atoms with Gasteiger partial charge >= 0.3 is 0 Å². The van der Waals surface area contributed by atoms with Crippen LogP contribution in [0, 0.1) is 13.8 Å². The van der Waals surface area contributed by atoms with Crippen molar-refractivity contribution in [2.45, 2.75) is 40.0 Å². The summed E-state index contributed by atoms with van der Waals surface area (Å²) in [6, 6.07) is 8.19. The van der Waals surface area contributed by atoms with Crippen molar-refractivity contribution < 1.29 is 0 Å². The highest BCUT2D eigenvalue weighted by Crippen LogP contribution is 2.18. The predicted octanol–water partition coefficient (Wildman–Crippen LogP) is 4.44. The molecule has 0 unspecified atom stereocenters. The van der Waals surface area contributed by atoms with Gasteiger partial charge in [-0.3, -0.25) is 0 Å². The molecule has 0 amide bonds. The summed E-state index contributed by atoms with van der Waals surface area (Å²) < 4.78 is 0. The van der Waals surface area contributed by atoms with Crippen molar-refractivity contribution in [3.63, 3.8) is 0 Å². The SMILES string of the molecule is CCCCCNc1nccc(Nc2ccc(C)c(C)c2)n1. The first-order valence-corrected chi connectivity index (χ1v) is 7.60. The number of anilines is 3. The quantitative estimate of drug-likeness (QED) is 0.738. The van der Waals surface area contributed by atoms with Crippen LogP contribution in [0.3, 0.4) is 0 Å². The lowest BCUT2D eigenvalue weighted by Crippen LogP contribution is -2.06. The van der Waals surface area contributed by atoms with E-state index in [0.29, 0.717) is 5.95 Å². The Morgan fingerprint density at radius 2 is 1.90 bits per heavy atom. The molecule has 0 fully saturated rings. The fourth-order valence-corrected chi connectivity index (χ4v) is 2.06. The Kier molecular flexibility index (Phi) is 5.55. The van der Waals surface area contributed by atoms with E-state index in [1.54, 1.807) is 6.20 Å². The van der Waals surface area contributed by atoms with E-state index in [2.05, 4.69) is 59.6 Å². The van der Waals surface area contributed by atoms with Gasteiger partial charge in [-0.05, 0) is 49.6 Å². The molecule has 2 rings (SSSR count). The molecule has 0 radical (unpaired) electrons. The number of aromatic nitrogens is 2. The molecule has 0 aliphatic rings. The van der Waals surface area contributed by atoms with E-state index in [9.17, 15) is 0 Å². The molecule has 0 aliphatic heterocycles. The van der Waals surface area contributed by atoms with E-state index in [1.165, 1.54) is 24.0 Å². The molecule has 112 valence electrons. The van der Waals surface area contributed by atoms with Crippen LogP contribution in [-0.4, -0.2) is 16.5 Å². The highest BCUT2D eigenvalue weighted by Gasteiger charge is 2.01. The van der Waals surface area contributed by atoms with Crippen molar-refractivity contribution in [3.05, 3.63) is 41.6 Å². The Labute approximate surface area is 127 Å². The summed E-state index contributed by atoms with van der Waals surface area (Å²) >= 11 is 0. The molecule has 2 N–H and O–H groups in total. The fraction of sp³-hybridized carbons (Fsp3) is 0.412. The molecule has 1 aromatic carbocycles. The summed E-state index contributed by atoms with van der Waals surface area (Å²) in [7, 11) is 0. The van der Waals surface area contributed by atoms with Crippen molar-refractivity contribution in [1.29, 1.82) is 0 Å². The van der Waals surface area contributed by atoms with Gasteiger partial charge in [0.15, 0.2) is 0 Å². The zero-order valence-electron chi connectivity index (χ0n) is 13.1. The van der Waals surface area contributed by atoms with Gasteiger partial charge < -0.3 is 10.6 Å². The molecule has 0 bridgehead atoms. The third-order valence-corrected chi connectivity index (χ3v) is 3.50. The minimum Gasteiger partial charge on any atom is -0.354 e. The summed E-state index contributed by atoms with van der Waals surface area (Å²) in [5.41, 5.74) is 3.61. The number of hydrogen-bond acceptors (Lipinski definition) is 4. The van der Waals surface area contributed by atoms with Crippen LogP contribution >= 0.6 is 0 Å². The molecule has 0 spiro atoms. The lowest BCUT2D eigenvalue weighted by atomic mass is 10.1. The summed E-state index contributed by atoms with van der Waals surface area (Å²) in [5.74, 6) is 1.49. The molecule has 4 heteroatoms. The van der Waals surface area contributed by atoms with Crippen LogP contribution in [0.2, 0.25) is 0 Å². The van der Waals surface area contributed by atoms with Crippen LogP contribution in [-0.2, 0) is 0 Å². The predicted molar refractivity (Wildman–Crippen MR) is 89.2 cm³/mol. The second-order valence-corrected chi connectivity index (χ2v) is 5.32. The normalized spacial score (nSPS) is 10.4. The second-order valence-electron chi connectivity index (χ2n) is 5.32. The van der Waals surface area contributed by atoms with E-state index in [1.807, 2.05) is 6.07 Å². The van der Waals surface area contributed by atoms with Gasteiger partial charge in [-0.1, -0.05) is 25.8 Å². The summed E-state index contributed by atoms with van der Waals surface area (Å²) in [5, 5.41) is 6.59. The number of benzene rings is 1. The molecule has 1 aromatic heterocycles. The Hall–Kier alpha value is -2.10. The van der Waals surface area contributed by atoms with Gasteiger partial charge in [-0.15, -0.1) is 0 Å². The van der Waals surface area contributed by atoms with Crippen molar-refractivity contribution in [2.75, 3.05) is 17.2 Å². The topological polar surface area (TPSA) is 49.8 Å². The summed E-state index contributed by atoms with van der Waals surface area (Å²) in [6.45, 7) is 7.34. The first-order valence-electron chi connectivity index (χ1n) is 7.60. The minimum atomic E-state index is 0.680. The molecule has 0 saturated heterocycles. The molecule has 21 heavy (non-hydrogen) atoms. The maximum Gasteiger partial charge on any atom is 0.224 e. The highest BCUT2D eigenvalue weighted by atomic mass is 15.1. The van der Waals surface area contributed by atoms with E-state index in [4.69, 9.17) is 0 Å². The van der Waals surface area contributed by atoms with Crippen LogP contribution in [0.1, 0.15) is 37.3 Å². The van der Waals surface area contributed by atoms with Crippen LogP contribution in [0.25, 0.3) is 0 Å². The van der Waals surface area contributed by atoms with E-state index in [0.717, 1.165) is 24.5 Å². The molecule has 0 atom stereocenters. The average molecular weight is 284 g/mol. The third kappa shape index (κ3) is 4.74. The highest BCUT2D eigenvalue weighted by molar-refractivity contribution is 5.58. The maximum absolute atomic E-state index is 4.48. The largest absolute Gasteiger partial charge is 0.354 e. The number of nitrogens with zero attached hydrogens (tertiary/aromatic N) is 2. The number of aryl methyl sites for hydroxylation is 2. The monoisotopic (exact) mass is 284 g/mol. The number of hydrogen-bond donors (Lipinski definition) is 2. The molecular formula is C17H24N4. The maximum atomic E-state index is 4.48. The minimum absolute atomic E-state index is 0.680. The Morgan fingerprint density at radius 1 is 1.05 bits per heavy atom. The zero-order chi connectivity index (χ0) is 15.1. The van der Waals surface area contributed by atoms with E-state index < -0.39 is 0 Å². The van der Waals surface area contributed by atoms with E-state index in [-0.39, 0.29) is 0 Å². The summed E-state index contributed by atoms with van der Waals surface area (Å²) in [4.78, 5) is 8.73. The van der Waals surface area contributed by atoms with Crippen molar-refractivity contribution in [3.8, 4) is 0 Å². The van der Waals surface area contributed by atoms with Crippen molar-refractivity contribution in [1.82, 2.24) is 9.97 Å². The second kappa shape index (κ2) is 7.62. The van der Waals surface area contributed by atoms with Gasteiger partial charge in [0, 0.05) is 18.4 Å². The number of nitrogens with one attached hydrogen (secondary N) is 2. The lowest BCUT2D eigenvalue weighted by Gasteiger charge is -2.09. The van der Waals surface area contributed by atoms with Gasteiger partial charge in [0.05, 0.1) is 0 Å². The van der Waals surface area contributed by atoms with Crippen LogP contribution in [0.4, 0.5) is 17.5 Å². The average Bonchev–Trinajstić information content (AvgIpc) is 2.48. The third-order valence-electron chi connectivity index (χ3n) is 3.50. The van der Waals surface area contributed by atoms with Gasteiger partial charge in [-0.2, -0.15) is 4.98 Å². The molecule has 4 nitrogen and oxygen atoms in total. The van der Waals surface area contributed by atoms with E-state index >= 15 is 0 Å². The first kappa shape index (κ1) is 15.3. The van der Waals surface area contributed by atoms with Crippen LogP contribution in [0.15, 0.2) is 30.5 Å². The summed E-state index contributed by atoms with van der Waals surface area (Å²) in [6.07, 6.45) is 5.37. The van der Waals surface area contributed by atoms with Crippen LogP contribution in [0.5, 0.6) is 0 Å². The molecular weight excluding hydrogens is 260 g/mol. The van der Waals surface area contributed by atoms with Gasteiger partial charge in [0.25, 0.3) is 0 Å². The Morgan fingerprint density at radius 3 is 2.67 bits per heavy atom. The zero-order valence-corrected chi connectivity index (χ0v) is 13.1. The van der Waals surface area contributed by atoms with Crippen molar-refractivity contribution >= 4 is 17.5 Å². The smallest absolute Gasteiger partial charge is 0.224 e. The molecule has 0 saturated carbocycles. The standard InChI is InChI=1S/C17H24N4/c1-4-5-6-10-18-17-19-11-9-16(21-17)20-15-8-7-13(2)14(3)12-15/h7-9,11-12H,4-6,10H2,1-3H3,(H2,18,19,20,21). The Bertz CT molecular complexity index is 581.